The van der Waals surface area contributed by atoms with Gasteiger partial charge in [0.2, 0.25) is 0 Å². The zero-order valence-corrected chi connectivity index (χ0v) is 18.7. The molecule has 0 spiro atoms. The van der Waals surface area contributed by atoms with Crippen LogP contribution in [0.2, 0.25) is 0 Å². The second-order valence-corrected chi connectivity index (χ2v) is 8.45. The number of amides is 1. The van der Waals surface area contributed by atoms with Crippen molar-refractivity contribution in [1.29, 1.82) is 0 Å². The lowest BCUT2D eigenvalue weighted by Gasteiger charge is -2.36. The predicted octanol–water partition coefficient (Wildman–Crippen LogP) is 2.52. The van der Waals surface area contributed by atoms with Gasteiger partial charge < -0.3 is 20.7 Å². The van der Waals surface area contributed by atoms with E-state index < -0.39 is 11.4 Å². The average molecular weight is 476 g/mol. The zero-order chi connectivity index (χ0) is 24.1. The maximum Gasteiger partial charge on any atom is 0.328 e. The average Bonchev–Trinajstić information content (AvgIpc) is 3.27. The minimum absolute atomic E-state index is 0.116. The second kappa shape index (κ2) is 8.17. The summed E-state index contributed by atoms with van der Waals surface area (Å²) in [5.74, 6) is -0.441. The van der Waals surface area contributed by atoms with Gasteiger partial charge in [-0.05, 0) is 36.6 Å². The largest absolute Gasteiger partial charge is 0.386 e. The smallest absolute Gasteiger partial charge is 0.328 e. The van der Waals surface area contributed by atoms with Crippen LogP contribution >= 0.6 is 0 Å². The van der Waals surface area contributed by atoms with Gasteiger partial charge in [-0.15, -0.1) is 0 Å². The second-order valence-electron chi connectivity index (χ2n) is 8.45. The van der Waals surface area contributed by atoms with Crippen LogP contribution in [0.1, 0.15) is 18.4 Å². The van der Waals surface area contributed by atoms with Gasteiger partial charge in [-0.2, -0.15) is 0 Å². The summed E-state index contributed by atoms with van der Waals surface area (Å²) in [6.07, 6.45) is 5.70. The predicted molar refractivity (Wildman–Crippen MR) is 126 cm³/mol. The molecule has 4 aromatic rings. The first-order chi connectivity index (χ1) is 17.0. The molecule has 3 N–H and O–H groups in total. The number of carbonyl (C=O) groups is 1. The summed E-state index contributed by atoms with van der Waals surface area (Å²) >= 11 is 0. The molecule has 35 heavy (non-hydrogen) atoms. The lowest BCUT2D eigenvalue weighted by molar-refractivity contribution is -0.0324. The molecule has 1 fully saturated rings. The summed E-state index contributed by atoms with van der Waals surface area (Å²) in [7, 11) is 1.73. The van der Waals surface area contributed by atoms with Crippen molar-refractivity contribution in [3.63, 3.8) is 0 Å². The van der Waals surface area contributed by atoms with E-state index in [1.165, 1.54) is 35.4 Å². The molecule has 1 aliphatic heterocycles. The van der Waals surface area contributed by atoms with E-state index in [0.29, 0.717) is 28.2 Å². The summed E-state index contributed by atoms with van der Waals surface area (Å²) in [6.45, 7) is 0.158. The van der Waals surface area contributed by atoms with Gasteiger partial charge in [-0.25, -0.2) is 28.7 Å². The van der Waals surface area contributed by atoms with E-state index >= 15 is 0 Å². The highest BCUT2D eigenvalue weighted by molar-refractivity contribution is 5.94. The highest BCUT2D eigenvalue weighted by atomic mass is 19.1. The number of halogens is 1. The maximum atomic E-state index is 14.6. The van der Waals surface area contributed by atoms with Gasteiger partial charge >= 0.3 is 6.03 Å². The first-order valence-electron chi connectivity index (χ1n) is 11.1. The number of aromatic nitrogens is 5. The Kier molecular flexibility index (Phi) is 4.95. The maximum absolute atomic E-state index is 14.6. The van der Waals surface area contributed by atoms with E-state index in [2.05, 4.69) is 30.9 Å². The molecule has 11 nitrogen and oxygen atoms in total. The van der Waals surface area contributed by atoms with E-state index in [1.807, 2.05) is 0 Å². The highest BCUT2D eigenvalue weighted by Gasteiger charge is 2.34. The number of imidazole rings is 1. The van der Waals surface area contributed by atoms with E-state index in [0.717, 1.165) is 17.4 Å². The Labute approximate surface area is 198 Å². The van der Waals surface area contributed by atoms with Crippen molar-refractivity contribution in [1.82, 2.24) is 29.4 Å². The molecular formula is C23H21FN8O3. The molecule has 12 heteroatoms. The fraction of sp³-hybridized carbons (Fsp3) is 0.261. The molecule has 0 aromatic carbocycles. The Morgan fingerprint density at radius 2 is 2.09 bits per heavy atom. The quantitative estimate of drug-likeness (QED) is 0.403. The molecule has 1 amide bonds. The minimum Gasteiger partial charge on any atom is -0.386 e. The number of hydrogen-bond donors (Lipinski definition) is 3. The Hall–Kier alpha value is -4.32. The Morgan fingerprint density at radius 3 is 2.86 bits per heavy atom. The van der Waals surface area contributed by atoms with Crippen molar-refractivity contribution in [3.8, 4) is 5.82 Å². The molecule has 5 heterocycles. The molecule has 178 valence electrons. The van der Waals surface area contributed by atoms with E-state index in [9.17, 15) is 14.0 Å². The third kappa shape index (κ3) is 3.58. The summed E-state index contributed by atoms with van der Waals surface area (Å²) in [5, 5.41) is 9.07. The molecule has 2 aliphatic rings. The Morgan fingerprint density at radius 1 is 1.20 bits per heavy atom. The number of nitrogens with one attached hydrogen (secondary N) is 3. The summed E-state index contributed by atoms with van der Waals surface area (Å²) in [6, 6.07) is 5.50. The van der Waals surface area contributed by atoms with Crippen molar-refractivity contribution in [2.75, 3.05) is 17.7 Å². The van der Waals surface area contributed by atoms with Crippen LogP contribution in [0.25, 0.3) is 17.0 Å². The molecule has 6 rings (SSSR count). The van der Waals surface area contributed by atoms with Crippen LogP contribution in [0.4, 0.5) is 26.4 Å². The van der Waals surface area contributed by atoms with Crippen LogP contribution in [0.15, 0.2) is 47.8 Å². The van der Waals surface area contributed by atoms with Crippen LogP contribution in [-0.2, 0) is 11.3 Å². The van der Waals surface area contributed by atoms with E-state index in [4.69, 9.17) is 4.74 Å². The number of pyridine rings is 3. The number of carbonyl (C=O) groups excluding carboxylic acids is 1. The van der Waals surface area contributed by atoms with Gasteiger partial charge in [0.25, 0.3) is 5.56 Å². The normalized spacial score (nSPS) is 19.3. The number of anilines is 3. The highest BCUT2D eigenvalue weighted by Crippen LogP contribution is 2.28. The summed E-state index contributed by atoms with van der Waals surface area (Å²) in [5.41, 5.74) is 1.71. The number of nitrogens with zero attached hydrogens (tertiary/aromatic N) is 5. The lowest BCUT2D eigenvalue weighted by atomic mass is 9.89. The van der Waals surface area contributed by atoms with Crippen molar-refractivity contribution < 1.29 is 13.9 Å². The molecule has 4 bridgehead atoms. The van der Waals surface area contributed by atoms with Crippen LogP contribution in [0.5, 0.6) is 0 Å². The molecule has 0 saturated heterocycles. The Bertz CT molecular complexity index is 1530. The van der Waals surface area contributed by atoms with Crippen LogP contribution in [-0.4, -0.2) is 49.3 Å². The van der Waals surface area contributed by atoms with Gasteiger partial charge in [0.1, 0.15) is 23.3 Å². The molecule has 0 unspecified atom stereocenters. The molecule has 1 aliphatic carbocycles. The van der Waals surface area contributed by atoms with Gasteiger partial charge in [-0.3, -0.25) is 9.36 Å². The molecule has 4 aromatic heterocycles. The van der Waals surface area contributed by atoms with Crippen molar-refractivity contribution in [3.05, 3.63) is 64.7 Å². The van der Waals surface area contributed by atoms with Crippen LogP contribution < -0.4 is 21.5 Å². The van der Waals surface area contributed by atoms with Gasteiger partial charge in [0.15, 0.2) is 17.3 Å². The Balaban J connectivity index is 1.55. The SMILES string of the molecule is CNc1cc2nc3c1ncn3C(=O)N[C@@H]1CC[C@H]1OCc1cc(c(=O)n(-c3ncccc3F)c1)N2. The number of rotatable bonds is 2. The van der Waals surface area contributed by atoms with Gasteiger partial charge in [0.05, 0.1) is 24.4 Å². The third-order valence-electron chi connectivity index (χ3n) is 6.28. The van der Waals surface area contributed by atoms with E-state index in [1.54, 1.807) is 19.2 Å². The number of ether oxygens (including phenoxy) is 1. The molecule has 1 saturated carbocycles. The van der Waals surface area contributed by atoms with Crippen LogP contribution in [0, 0.1) is 5.82 Å². The van der Waals surface area contributed by atoms with Crippen molar-refractivity contribution >= 4 is 34.4 Å². The minimum atomic E-state index is -0.629. The number of fused-ring (bicyclic) bond motifs is 4. The topological polar surface area (TPSA) is 128 Å². The van der Waals surface area contributed by atoms with E-state index in [-0.39, 0.29) is 36.3 Å². The fourth-order valence-electron chi connectivity index (χ4n) is 4.32. The first-order valence-corrected chi connectivity index (χ1v) is 11.1. The fourth-order valence-corrected chi connectivity index (χ4v) is 4.32. The third-order valence-corrected chi connectivity index (χ3v) is 6.28. The summed E-state index contributed by atoms with van der Waals surface area (Å²) in [4.78, 5) is 39.3. The van der Waals surface area contributed by atoms with Gasteiger partial charge in [-0.1, -0.05) is 0 Å². The zero-order valence-electron chi connectivity index (χ0n) is 18.7. The summed E-state index contributed by atoms with van der Waals surface area (Å²) < 4.78 is 23.1. The van der Waals surface area contributed by atoms with Crippen LogP contribution in [0.3, 0.4) is 0 Å². The van der Waals surface area contributed by atoms with Gasteiger partial charge in [0, 0.05) is 25.5 Å². The monoisotopic (exact) mass is 476 g/mol. The molecule has 0 radical (unpaired) electrons. The van der Waals surface area contributed by atoms with Crippen molar-refractivity contribution in [2.24, 2.45) is 0 Å². The molecular weight excluding hydrogens is 455 g/mol. The lowest BCUT2D eigenvalue weighted by Crippen LogP contribution is -2.52. The number of hydrogen-bond acceptors (Lipinski definition) is 8. The molecule has 2 atom stereocenters. The van der Waals surface area contributed by atoms with Crippen molar-refractivity contribution in [2.45, 2.75) is 31.6 Å². The first kappa shape index (κ1) is 21.2. The standard InChI is InChI=1S/C23H21FN8O3/c1-25-15-8-18-28-16-7-12(9-31(22(16)33)20-13(24)3-2-6-26-20)10-35-17-5-4-14(17)29-23(34)32-11-27-19(15)21(32)30-18/h2-3,6-9,11,14,17H,4-5,10H2,1H3,(H,29,34)(H2,25,28,30)/t14-,17-/m1/s1.